The highest BCUT2D eigenvalue weighted by atomic mass is 19.3. The van der Waals surface area contributed by atoms with E-state index in [0.29, 0.717) is 40.7 Å². The van der Waals surface area contributed by atoms with Crippen LogP contribution in [-0.2, 0) is 5.92 Å². The molecule has 0 spiro atoms. The second-order valence-electron chi connectivity index (χ2n) is 11.3. The average Bonchev–Trinajstić information content (AvgIpc) is 2.85. The van der Waals surface area contributed by atoms with Crippen molar-refractivity contribution in [1.29, 1.82) is 0 Å². The molecule has 40 heavy (non-hydrogen) atoms. The summed E-state index contributed by atoms with van der Waals surface area (Å²) in [6, 6.07) is 6.59. The molecule has 0 radical (unpaired) electrons. The number of halogens is 3. The molecule has 1 aliphatic carbocycles. The normalized spacial score (nSPS) is 15.3. The Morgan fingerprint density at radius 1 is 1.18 bits per heavy atom. The second-order valence-corrected chi connectivity index (χ2v) is 11.3. The Morgan fingerprint density at radius 3 is 2.52 bits per heavy atom. The van der Waals surface area contributed by atoms with Gasteiger partial charge in [-0.3, -0.25) is 0 Å². The Morgan fingerprint density at radius 2 is 1.90 bits per heavy atom. The molecule has 0 aliphatic heterocycles. The van der Waals surface area contributed by atoms with E-state index in [9.17, 15) is 13.9 Å². The zero-order valence-electron chi connectivity index (χ0n) is 24.0. The minimum Gasteiger partial charge on any atom is -0.493 e. The van der Waals surface area contributed by atoms with Crippen molar-refractivity contribution in [3.8, 4) is 11.5 Å². The first-order valence-electron chi connectivity index (χ1n) is 13.6. The van der Waals surface area contributed by atoms with Crippen molar-refractivity contribution in [1.82, 2.24) is 14.9 Å². The lowest BCUT2D eigenvalue weighted by molar-refractivity contribution is -0.170. The van der Waals surface area contributed by atoms with E-state index in [1.807, 2.05) is 0 Å². The summed E-state index contributed by atoms with van der Waals surface area (Å²) < 4.78 is 56.8. The van der Waals surface area contributed by atoms with Gasteiger partial charge in [0.25, 0.3) is 0 Å². The first-order chi connectivity index (χ1) is 18.8. The number of hydrogen-bond donors (Lipinski definition) is 2. The summed E-state index contributed by atoms with van der Waals surface area (Å²) in [5, 5.41) is 13.8. The Balaban J connectivity index is 1.60. The molecule has 1 saturated carbocycles. The molecule has 7 nitrogen and oxygen atoms in total. The number of aryl methyl sites for hydroxylation is 1. The fraction of sp³-hybridized carbons (Fsp3) is 0.533. The maximum Gasteiger partial charge on any atom is 0.303 e. The van der Waals surface area contributed by atoms with Crippen LogP contribution in [0.5, 0.6) is 11.5 Å². The van der Waals surface area contributed by atoms with E-state index in [-0.39, 0.29) is 5.56 Å². The topological polar surface area (TPSA) is 79.7 Å². The van der Waals surface area contributed by atoms with Crippen LogP contribution in [0.1, 0.15) is 63.0 Å². The van der Waals surface area contributed by atoms with Crippen LogP contribution in [0.4, 0.5) is 19.0 Å². The first-order valence-corrected chi connectivity index (χ1v) is 13.6. The molecule has 1 aromatic heterocycles. The van der Waals surface area contributed by atoms with E-state index in [0.717, 1.165) is 38.9 Å². The van der Waals surface area contributed by atoms with Gasteiger partial charge in [0.1, 0.15) is 29.7 Å². The summed E-state index contributed by atoms with van der Waals surface area (Å²) >= 11 is 0. The molecule has 218 valence electrons. The number of alkyl halides is 2. The van der Waals surface area contributed by atoms with Gasteiger partial charge in [0.05, 0.1) is 24.2 Å². The van der Waals surface area contributed by atoms with Gasteiger partial charge in [0.15, 0.2) is 11.5 Å². The molecule has 2 aromatic carbocycles. The van der Waals surface area contributed by atoms with Crippen molar-refractivity contribution in [2.45, 2.75) is 64.5 Å². The highest BCUT2D eigenvalue weighted by molar-refractivity contribution is 5.92. The van der Waals surface area contributed by atoms with Crippen LogP contribution in [0.2, 0.25) is 0 Å². The van der Waals surface area contributed by atoms with Gasteiger partial charge in [0, 0.05) is 30.1 Å². The lowest BCUT2D eigenvalue weighted by atomic mass is 9.85. The predicted molar refractivity (Wildman–Crippen MR) is 150 cm³/mol. The minimum atomic E-state index is -3.79. The van der Waals surface area contributed by atoms with E-state index in [1.165, 1.54) is 31.4 Å². The van der Waals surface area contributed by atoms with Crippen LogP contribution < -0.4 is 14.8 Å². The van der Waals surface area contributed by atoms with Crippen molar-refractivity contribution in [2.24, 2.45) is 5.92 Å². The molecule has 4 rings (SSSR count). The summed E-state index contributed by atoms with van der Waals surface area (Å²) in [6.07, 6.45) is 3.88. The van der Waals surface area contributed by atoms with E-state index in [4.69, 9.17) is 9.47 Å². The molecular weight excluding hydrogens is 521 g/mol. The number of aromatic nitrogens is 2. The Kier molecular flexibility index (Phi) is 8.80. The lowest BCUT2D eigenvalue weighted by Crippen LogP contribution is -2.41. The second kappa shape index (κ2) is 11.8. The molecule has 10 heteroatoms. The number of rotatable bonds is 12. The third-order valence-corrected chi connectivity index (χ3v) is 7.57. The monoisotopic (exact) mass is 560 g/mol. The van der Waals surface area contributed by atoms with E-state index in [2.05, 4.69) is 27.2 Å². The van der Waals surface area contributed by atoms with E-state index in [1.54, 1.807) is 33.1 Å². The number of anilines is 1. The number of fused-ring (bicyclic) bond motifs is 1. The number of ether oxygens (including phenoxy) is 2. The average molecular weight is 561 g/mol. The third kappa shape index (κ3) is 6.28. The maximum atomic E-state index is 15.4. The Labute approximate surface area is 233 Å². The first kappa shape index (κ1) is 29.9. The van der Waals surface area contributed by atoms with Crippen molar-refractivity contribution in [3.63, 3.8) is 0 Å². The number of nitrogens with one attached hydrogen (secondary N) is 1. The standard InChI is InChI=1S/C30H39F3N4O3/c1-18(21-11-8-12-23(27(21)31)30(32,33)29(3,4)38)34-28-22-15-26(25(39-6)16-24(22)35-19(2)36-28)40-14-13-37(5)17-20-9-7-10-20/h8,11-12,15-16,18,20,38H,7,9-10,13-14,17H2,1-6H3,(H,34,35,36)/t18-/m1/s1. The molecular formula is C30H39F3N4O3. The zero-order valence-corrected chi connectivity index (χ0v) is 24.0. The predicted octanol–water partition coefficient (Wildman–Crippen LogP) is 6.23. The van der Waals surface area contributed by atoms with Crippen LogP contribution in [0.3, 0.4) is 0 Å². The van der Waals surface area contributed by atoms with Crippen molar-refractivity contribution < 1.29 is 27.8 Å². The number of methoxy groups -OCH3 is 1. The smallest absolute Gasteiger partial charge is 0.303 e. The summed E-state index contributed by atoms with van der Waals surface area (Å²) in [7, 11) is 3.65. The summed E-state index contributed by atoms with van der Waals surface area (Å²) in [5.41, 5.74) is -2.69. The number of hydrogen-bond acceptors (Lipinski definition) is 7. The van der Waals surface area contributed by atoms with Crippen LogP contribution >= 0.6 is 0 Å². The largest absolute Gasteiger partial charge is 0.493 e. The van der Waals surface area contributed by atoms with Gasteiger partial charge in [-0.15, -0.1) is 0 Å². The molecule has 2 N–H and O–H groups in total. The molecule has 1 atom stereocenters. The van der Waals surface area contributed by atoms with E-state index < -0.39 is 28.9 Å². The van der Waals surface area contributed by atoms with E-state index >= 15 is 4.39 Å². The zero-order chi connectivity index (χ0) is 29.2. The summed E-state index contributed by atoms with van der Waals surface area (Å²) in [4.78, 5) is 11.3. The van der Waals surface area contributed by atoms with Crippen molar-refractivity contribution in [2.75, 3.05) is 39.2 Å². The van der Waals surface area contributed by atoms with Crippen LogP contribution in [-0.4, -0.2) is 59.4 Å². The highest BCUT2D eigenvalue weighted by Gasteiger charge is 2.49. The number of aliphatic hydroxyl groups is 1. The fourth-order valence-corrected chi connectivity index (χ4v) is 4.89. The molecule has 1 aliphatic rings. The van der Waals surface area contributed by atoms with Gasteiger partial charge in [-0.25, -0.2) is 14.4 Å². The molecule has 0 unspecified atom stereocenters. The van der Waals surface area contributed by atoms with Crippen LogP contribution in [0.25, 0.3) is 10.9 Å². The molecule has 0 bridgehead atoms. The SMILES string of the molecule is COc1cc2nc(C)nc(N[C@H](C)c3cccc(C(F)(F)C(C)(C)O)c3F)c2cc1OCCN(C)CC1CCC1. The molecule has 1 fully saturated rings. The third-order valence-electron chi connectivity index (χ3n) is 7.57. The number of benzene rings is 2. The Hall–Kier alpha value is -3.11. The molecule has 3 aromatic rings. The van der Waals surface area contributed by atoms with Gasteiger partial charge >= 0.3 is 5.92 Å². The quantitative estimate of drug-likeness (QED) is 0.272. The minimum absolute atomic E-state index is 0.0188. The van der Waals surface area contributed by atoms with Gasteiger partial charge in [-0.1, -0.05) is 18.6 Å². The van der Waals surface area contributed by atoms with Crippen molar-refractivity contribution in [3.05, 3.63) is 53.1 Å². The van der Waals surface area contributed by atoms with Crippen LogP contribution in [0.15, 0.2) is 30.3 Å². The number of nitrogens with zero attached hydrogens (tertiary/aromatic N) is 3. The molecule has 0 amide bonds. The van der Waals surface area contributed by atoms with Gasteiger partial charge in [-0.05, 0) is 65.6 Å². The molecule has 0 saturated heterocycles. The fourth-order valence-electron chi connectivity index (χ4n) is 4.89. The Bertz CT molecular complexity index is 1340. The van der Waals surface area contributed by atoms with Crippen LogP contribution in [0, 0.1) is 18.7 Å². The van der Waals surface area contributed by atoms with Gasteiger partial charge in [-0.2, -0.15) is 8.78 Å². The van der Waals surface area contributed by atoms with Crippen molar-refractivity contribution >= 4 is 16.7 Å². The van der Waals surface area contributed by atoms with Gasteiger partial charge < -0.3 is 24.8 Å². The highest BCUT2D eigenvalue weighted by Crippen LogP contribution is 2.42. The lowest BCUT2D eigenvalue weighted by Gasteiger charge is -2.30. The molecule has 1 heterocycles. The number of likely N-dealkylation sites (N-methyl/N-ethyl adjacent to an activating group) is 1. The summed E-state index contributed by atoms with van der Waals surface area (Å²) in [5.74, 6) is -2.18. The summed E-state index contributed by atoms with van der Waals surface area (Å²) in [6.45, 7) is 7.58. The maximum absolute atomic E-state index is 15.4. The van der Waals surface area contributed by atoms with Gasteiger partial charge in [0.2, 0.25) is 0 Å².